The Bertz CT molecular complexity index is 382. The van der Waals surface area contributed by atoms with Gasteiger partial charge in [-0.2, -0.15) is 5.10 Å². The number of amides is 1. The first kappa shape index (κ1) is 11.5. The molecule has 2 rings (SSSR count). The highest BCUT2D eigenvalue weighted by atomic mass is 35.5. The fourth-order valence-electron chi connectivity index (χ4n) is 2.23. The summed E-state index contributed by atoms with van der Waals surface area (Å²) in [6, 6.07) is 0. The summed E-state index contributed by atoms with van der Waals surface area (Å²) in [7, 11) is 0. The number of halogens is 1. The lowest BCUT2D eigenvalue weighted by Crippen LogP contribution is -2.48. The van der Waals surface area contributed by atoms with E-state index in [1.807, 2.05) is 6.92 Å². The Morgan fingerprint density at radius 1 is 1.62 bits per heavy atom. The van der Waals surface area contributed by atoms with Crippen LogP contribution in [0.1, 0.15) is 41.7 Å². The van der Waals surface area contributed by atoms with Gasteiger partial charge in [0.05, 0.1) is 17.3 Å². The maximum Gasteiger partial charge on any atom is 0.255 e. The number of nitrogens with one attached hydrogen (secondary N) is 2. The average molecular weight is 242 g/mol. The van der Waals surface area contributed by atoms with Gasteiger partial charge < -0.3 is 5.32 Å². The average Bonchev–Trinajstić information content (AvgIpc) is 2.87. The van der Waals surface area contributed by atoms with E-state index >= 15 is 0 Å². The molecule has 1 aliphatic rings. The van der Waals surface area contributed by atoms with Crippen LogP contribution < -0.4 is 5.32 Å². The van der Waals surface area contributed by atoms with Crippen LogP contribution in [-0.2, 0) is 0 Å². The molecule has 1 aliphatic carbocycles. The summed E-state index contributed by atoms with van der Waals surface area (Å²) in [5.41, 5.74) is 1.19. The Hall–Kier alpha value is -1.03. The third kappa shape index (κ3) is 2.07. The fraction of sp³-hybridized carbons (Fsp3) is 0.636. The number of nitrogens with zero attached hydrogens (tertiary/aromatic N) is 1. The van der Waals surface area contributed by atoms with Crippen LogP contribution in [0.5, 0.6) is 0 Å². The van der Waals surface area contributed by atoms with Gasteiger partial charge in [-0.1, -0.05) is 12.8 Å². The molecule has 0 aliphatic heterocycles. The first-order chi connectivity index (χ1) is 7.67. The first-order valence-electron chi connectivity index (χ1n) is 5.55. The molecule has 0 saturated heterocycles. The van der Waals surface area contributed by atoms with E-state index in [4.69, 9.17) is 11.6 Å². The molecule has 5 heteroatoms. The summed E-state index contributed by atoms with van der Waals surface area (Å²) in [5, 5.41) is 9.66. The molecule has 2 N–H and O–H groups in total. The van der Waals surface area contributed by atoms with E-state index in [0.717, 1.165) is 31.4 Å². The molecule has 1 aromatic heterocycles. The van der Waals surface area contributed by atoms with Crippen molar-refractivity contribution in [3.05, 3.63) is 17.5 Å². The lowest BCUT2D eigenvalue weighted by molar-refractivity contribution is 0.0909. The maximum absolute atomic E-state index is 12.0. The second-order valence-corrected chi connectivity index (χ2v) is 4.75. The Morgan fingerprint density at radius 2 is 2.31 bits per heavy atom. The van der Waals surface area contributed by atoms with Crippen LogP contribution >= 0.6 is 11.6 Å². The summed E-state index contributed by atoms with van der Waals surface area (Å²) in [5.74, 6) is 0.407. The van der Waals surface area contributed by atoms with E-state index in [9.17, 15) is 4.79 Å². The van der Waals surface area contributed by atoms with Gasteiger partial charge in [-0.25, -0.2) is 0 Å². The predicted octanol–water partition coefficient (Wildman–Crippen LogP) is 2.00. The molecule has 0 spiro atoms. The smallest absolute Gasteiger partial charge is 0.255 e. The number of alkyl halides is 1. The molecule has 0 bridgehead atoms. The van der Waals surface area contributed by atoms with Gasteiger partial charge >= 0.3 is 0 Å². The summed E-state index contributed by atoms with van der Waals surface area (Å²) < 4.78 is 0. The zero-order chi connectivity index (χ0) is 11.6. The molecule has 0 radical (unpaired) electrons. The van der Waals surface area contributed by atoms with Gasteiger partial charge in [-0.15, -0.1) is 11.6 Å². The highest BCUT2D eigenvalue weighted by Gasteiger charge is 2.35. The number of carbonyl (C=O) groups excluding carboxylic acids is 1. The number of aromatic amines is 1. The lowest BCUT2D eigenvalue weighted by Gasteiger charge is -2.27. The van der Waals surface area contributed by atoms with E-state index in [1.165, 1.54) is 0 Å². The van der Waals surface area contributed by atoms with Crippen LogP contribution in [-0.4, -0.2) is 27.5 Å². The van der Waals surface area contributed by atoms with Crippen LogP contribution in [0.3, 0.4) is 0 Å². The van der Waals surface area contributed by atoms with Crippen molar-refractivity contribution >= 4 is 17.5 Å². The van der Waals surface area contributed by atoms with Gasteiger partial charge in [0.1, 0.15) is 0 Å². The Kier molecular flexibility index (Phi) is 3.19. The van der Waals surface area contributed by atoms with Gasteiger partial charge in [-0.05, 0) is 19.8 Å². The van der Waals surface area contributed by atoms with E-state index in [0.29, 0.717) is 11.4 Å². The van der Waals surface area contributed by atoms with E-state index in [2.05, 4.69) is 15.5 Å². The van der Waals surface area contributed by atoms with E-state index in [-0.39, 0.29) is 11.4 Å². The van der Waals surface area contributed by atoms with Crippen molar-refractivity contribution in [3.8, 4) is 0 Å². The normalized spacial score (nSPS) is 18.6. The lowest BCUT2D eigenvalue weighted by atomic mass is 10.00. The van der Waals surface area contributed by atoms with Gasteiger partial charge in [0.2, 0.25) is 0 Å². The SMILES string of the molecule is Cc1[nH]ncc1C(=O)NC1(CCl)CCCC1. The number of hydrogen-bond donors (Lipinski definition) is 2. The van der Waals surface area contributed by atoms with Crippen LogP contribution in [0.2, 0.25) is 0 Å². The highest BCUT2D eigenvalue weighted by molar-refractivity contribution is 6.19. The second kappa shape index (κ2) is 4.45. The van der Waals surface area contributed by atoms with E-state index in [1.54, 1.807) is 6.20 Å². The number of rotatable bonds is 3. The second-order valence-electron chi connectivity index (χ2n) is 4.48. The molecule has 0 atom stereocenters. The summed E-state index contributed by atoms with van der Waals surface area (Å²) in [6.07, 6.45) is 5.77. The predicted molar refractivity (Wildman–Crippen MR) is 62.7 cm³/mol. The van der Waals surface area contributed by atoms with Crippen LogP contribution in [0.15, 0.2) is 6.20 Å². The third-order valence-corrected chi connectivity index (χ3v) is 3.78. The quantitative estimate of drug-likeness (QED) is 0.796. The number of aromatic nitrogens is 2. The maximum atomic E-state index is 12.0. The van der Waals surface area contributed by atoms with Crippen molar-refractivity contribution in [2.75, 3.05) is 5.88 Å². The highest BCUT2D eigenvalue weighted by Crippen LogP contribution is 2.31. The van der Waals surface area contributed by atoms with Crippen molar-refractivity contribution in [2.45, 2.75) is 38.1 Å². The summed E-state index contributed by atoms with van der Waals surface area (Å²) in [6.45, 7) is 1.84. The van der Waals surface area contributed by atoms with Crippen molar-refractivity contribution in [1.29, 1.82) is 0 Å². The molecule has 0 aromatic carbocycles. The first-order valence-corrected chi connectivity index (χ1v) is 6.09. The van der Waals surface area contributed by atoms with Crippen molar-refractivity contribution in [2.24, 2.45) is 0 Å². The van der Waals surface area contributed by atoms with E-state index < -0.39 is 0 Å². The molecular formula is C11H16ClN3O. The Balaban J connectivity index is 2.09. The number of H-pyrrole nitrogens is 1. The van der Waals surface area contributed by atoms with Gasteiger partial charge in [-0.3, -0.25) is 9.89 Å². The standard InChI is InChI=1S/C11H16ClN3O/c1-8-9(6-13-15-8)10(16)14-11(7-12)4-2-3-5-11/h6H,2-5,7H2,1H3,(H,13,15)(H,14,16). The molecule has 1 amide bonds. The molecular weight excluding hydrogens is 226 g/mol. The van der Waals surface area contributed by atoms with Gasteiger partial charge in [0, 0.05) is 11.6 Å². The monoisotopic (exact) mass is 241 g/mol. The minimum atomic E-state index is -0.206. The third-order valence-electron chi connectivity index (χ3n) is 3.27. The van der Waals surface area contributed by atoms with Crippen LogP contribution in [0.25, 0.3) is 0 Å². The molecule has 16 heavy (non-hydrogen) atoms. The number of carbonyl (C=O) groups is 1. The topological polar surface area (TPSA) is 57.8 Å². The number of aryl methyl sites for hydroxylation is 1. The molecule has 1 heterocycles. The largest absolute Gasteiger partial charge is 0.345 e. The van der Waals surface area contributed by atoms with Crippen LogP contribution in [0, 0.1) is 6.92 Å². The zero-order valence-electron chi connectivity index (χ0n) is 9.35. The Morgan fingerprint density at radius 3 is 2.81 bits per heavy atom. The molecule has 1 saturated carbocycles. The Labute approximate surface area is 99.8 Å². The molecule has 88 valence electrons. The molecule has 0 unspecified atom stereocenters. The molecule has 4 nitrogen and oxygen atoms in total. The molecule has 1 aromatic rings. The summed E-state index contributed by atoms with van der Waals surface area (Å²) >= 11 is 5.97. The minimum Gasteiger partial charge on any atom is -0.345 e. The van der Waals surface area contributed by atoms with Crippen LogP contribution in [0.4, 0.5) is 0 Å². The van der Waals surface area contributed by atoms with Gasteiger partial charge in [0.15, 0.2) is 0 Å². The van der Waals surface area contributed by atoms with Crippen molar-refractivity contribution in [1.82, 2.24) is 15.5 Å². The summed E-state index contributed by atoms with van der Waals surface area (Å²) in [4.78, 5) is 12.0. The van der Waals surface area contributed by atoms with Crippen molar-refractivity contribution in [3.63, 3.8) is 0 Å². The molecule has 1 fully saturated rings. The zero-order valence-corrected chi connectivity index (χ0v) is 10.1. The minimum absolute atomic E-state index is 0.0752. The van der Waals surface area contributed by atoms with Gasteiger partial charge in [0.25, 0.3) is 5.91 Å². The number of hydrogen-bond acceptors (Lipinski definition) is 2. The fourth-order valence-corrected chi connectivity index (χ4v) is 2.57. The van der Waals surface area contributed by atoms with Crippen molar-refractivity contribution < 1.29 is 4.79 Å².